The number of carbonyl (C=O) groups is 2. The third kappa shape index (κ3) is 5.78. The topological polar surface area (TPSA) is 90.7 Å². The molecule has 1 aromatic carbocycles. The lowest BCUT2D eigenvalue weighted by Gasteiger charge is -2.16. The average Bonchev–Trinajstić information content (AvgIpc) is 2.51. The molecule has 0 radical (unpaired) electrons. The Morgan fingerprint density at radius 1 is 1.35 bits per heavy atom. The molecule has 0 aromatic heterocycles. The number of halogens is 3. The summed E-state index contributed by atoms with van der Waals surface area (Å²) in [5, 5.41) is 2.42. The summed E-state index contributed by atoms with van der Waals surface area (Å²) in [6, 6.07) is 3.63. The number of ether oxygens (including phenoxy) is 2. The molecule has 1 rings (SSSR count). The lowest BCUT2D eigenvalue weighted by atomic mass is 10.1. The Labute approximate surface area is 130 Å². The zero-order chi connectivity index (χ0) is 17.6. The molecule has 1 atom stereocenters. The number of anilines is 1. The van der Waals surface area contributed by atoms with Gasteiger partial charge in [-0.3, -0.25) is 4.79 Å². The second-order valence-corrected chi connectivity index (χ2v) is 4.73. The second-order valence-electron chi connectivity index (χ2n) is 4.73. The molecule has 128 valence electrons. The molecule has 23 heavy (non-hydrogen) atoms. The van der Waals surface area contributed by atoms with E-state index in [9.17, 15) is 22.8 Å². The zero-order valence-electron chi connectivity index (χ0n) is 12.6. The van der Waals surface area contributed by atoms with Crippen LogP contribution in [0.15, 0.2) is 18.2 Å². The van der Waals surface area contributed by atoms with Crippen molar-refractivity contribution in [1.82, 2.24) is 0 Å². The van der Waals surface area contributed by atoms with Gasteiger partial charge >= 0.3 is 12.1 Å². The fraction of sp³-hybridized carbons (Fsp3) is 0.429. The van der Waals surface area contributed by atoms with Crippen molar-refractivity contribution in [2.75, 3.05) is 25.6 Å². The van der Waals surface area contributed by atoms with Crippen LogP contribution in [-0.4, -0.2) is 38.3 Å². The molecule has 6 nitrogen and oxygen atoms in total. The van der Waals surface area contributed by atoms with Crippen molar-refractivity contribution in [2.45, 2.75) is 13.1 Å². The third-order valence-electron chi connectivity index (χ3n) is 2.85. The van der Waals surface area contributed by atoms with Crippen molar-refractivity contribution in [3.05, 3.63) is 23.8 Å². The molecule has 0 heterocycles. The van der Waals surface area contributed by atoms with E-state index in [4.69, 9.17) is 5.73 Å². The lowest BCUT2D eigenvalue weighted by Crippen LogP contribution is -2.27. The van der Waals surface area contributed by atoms with Gasteiger partial charge < -0.3 is 20.5 Å². The molecule has 0 aliphatic heterocycles. The van der Waals surface area contributed by atoms with Gasteiger partial charge in [0.05, 0.1) is 18.4 Å². The number of esters is 1. The molecule has 1 aromatic rings. The fourth-order valence-electron chi connectivity index (χ4n) is 1.51. The summed E-state index contributed by atoms with van der Waals surface area (Å²) >= 11 is 0. The molecule has 0 saturated heterocycles. The Bertz CT molecular complexity index is 576. The highest BCUT2D eigenvalue weighted by atomic mass is 19.4. The summed E-state index contributed by atoms with van der Waals surface area (Å²) in [7, 11) is 1.14. The van der Waals surface area contributed by atoms with Gasteiger partial charge in [0.15, 0.2) is 6.61 Å². The number of alkyl halides is 3. The Balaban J connectivity index is 3.07. The van der Waals surface area contributed by atoms with Crippen LogP contribution in [0.4, 0.5) is 18.9 Å². The molecule has 9 heteroatoms. The normalized spacial score (nSPS) is 12.4. The number of nitrogens with two attached hydrogens (primary N) is 1. The van der Waals surface area contributed by atoms with Crippen LogP contribution < -0.4 is 15.8 Å². The lowest BCUT2D eigenvalue weighted by molar-refractivity contribution is -0.153. The van der Waals surface area contributed by atoms with Gasteiger partial charge in [-0.1, -0.05) is 6.92 Å². The summed E-state index contributed by atoms with van der Waals surface area (Å²) < 4.78 is 46.1. The van der Waals surface area contributed by atoms with Crippen molar-refractivity contribution >= 4 is 17.6 Å². The van der Waals surface area contributed by atoms with Gasteiger partial charge in [-0.05, 0) is 18.2 Å². The van der Waals surface area contributed by atoms with E-state index in [2.05, 4.69) is 14.8 Å². The van der Waals surface area contributed by atoms with Gasteiger partial charge in [0, 0.05) is 12.5 Å². The van der Waals surface area contributed by atoms with E-state index in [-0.39, 0.29) is 23.5 Å². The Morgan fingerprint density at radius 3 is 2.52 bits per heavy atom. The van der Waals surface area contributed by atoms with Crippen molar-refractivity contribution in [2.24, 2.45) is 11.7 Å². The van der Waals surface area contributed by atoms with Gasteiger partial charge in [-0.2, -0.15) is 13.2 Å². The quantitative estimate of drug-likeness (QED) is 0.776. The maximum atomic E-state index is 12.3. The highest BCUT2D eigenvalue weighted by molar-refractivity contribution is 5.96. The maximum absolute atomic E-state index is 12.3. The number of benzene rings is 1. The summed E-state index contributed by atoms with van der Waals surface area (Å²) in [4.78, 5) is 23.3. The Morgan fingerprint density at radius 2 is 2.00 bits per heavy atom. The minimum Gasteiger partial charge on any atom is -0.482 e. The second kappa shape index (κ2) is 7.82. The monoisotopic (exact) mass is 334 g/mol. The van der Waals surface area contributed by atoms with E-state index >= 15 is 0 Å². The standard InChI is InChI=1S/C14H17F3N2O4/c1-8(6-18)12(20)19-10-4-3-9(13(21)22-2)5-11(10)23-7-14(15,16)17/h3-5,8H,6-7,18H2,1-2H3,(H,19,20). The number of hydrogen-bond acceptors (Lipinski definition) is 5. The molecule has 0 fully saturated rings. The van der Waals surface area contributed by atoms with Crippen molar-refractivity contribution in [3.8, 4) is 5.75 Å². The molecule has 0 saturated carbocycles. The molecule has 0 bridgehead atoms. The van der Waals surface area contributed by atoms with E-state index in [0.717, 1.165) is 13.2 Å². The summed E-state index contributed by atoms with van der Waals surface area (Å²) in [6.07, 6.45) is -4.56. The first kappa shape index (κ1) is 18.8. The van der Waals surface area contributed by atoms with Crippen LogP contribution in [0.1, 0.15) is 17.3 Å². The molecule has 0 aliphatic carbocycles. The van der Waals surface area contributed by atoms with Crippen LogP contribution >= 0.6 is 0 Å². The molecule has 0 aliphatic rings. The van der Waals surface area contributed by atoms with Crippen LogP contribution in [0.25, 0.3) is 0 Å². The average molecular weight is 334 g/mol. The largest absolute Gasteiger partial charge is 0.482 e. The van der Waals surface area contributed by atoms with Gasteiger partial charge in [0.2, 0.25) is 5.91 Å². The Kier molecular flexibility index (Phi) is 6.38. The number of rotatable bonds is 6. The SMILES string of the molecule is COC(=O)c1ccc(NC(=O)C(C)CN)c(OCC(F)(F)F)c1. The van der Waals surface area contributed by atoms with Crippen molar-refractivity contribution in [3.63, 3.8) is 0 Å². The summed E-state index contributed by atoms with van der Waals surface area (Å²) in [5.74, 6) is -2.04. The predicted molar refractivity (Wildman–Crippen MR) is 76.2 cm³/mol. The molecule has 3 N–H and O–H groups in total. The fourth-order valence-corrected chi connectivity index (χ4v) is 1.51. The van der Waals surface area contributed by atoms with Crippen LogP contribution in [0.5, 0.6) is 5.75 Å². The van der Waals surface area contributed by atoms with Crippen LogP contribution in [0.3, 0.4) is 0 Å². The van der Waals surface area contributed by atoms with Crippen LogP contribution in [0, 0.1) is 5.92 Å². The van der Waals surface area contributed by atoms with E-state index in [1.165, 1.54) is 12.1 Å². The number of carbonyl (C=O) groups excluding carboxylic acids is 2. The summed E-state index contributed by atoms with van der Waals surface area (Å²) in [5.41, 5.74) is 5.36. The first-order valence-corrected chi connectivity index (χ1v) is 6.60. The number of methoxy groups -OCH3 is 1. The maximum Gasteiger partial charge on any atom is 0.422 e. The summed E-state index contributed by atoms with van der Waals surface area (Å²) in [6.45, 7) is 0.0755. The minimum absolute atomic E-state index is 0.00505. The number of hydrogen-bond donors (Lipinski definition) is 2. The minimum atomic E-state index is -4.56. The van der Waals surface area contributed by atoms with Crippen molar-refractivity contribution in [1.29, 1.82) is 0 Å². The van der Waals surface area contributed by atoms with E-state index in [1.807, 2.05) is 0 Å². The van der Waals surface area contributed by atoms with E-state index < -0.39 is 30.6 Å². The predicted octanol–water partition coefficient (Wildman–Crippen LogP) is 1.95. The van der Waals surface area contributed by atoms with Crippen LogP contribution in [0.2, 0.25) is 0 Å². The van der Waals surface area contributed by atoms with Gasteiger partial charge in [-0.15, -0.1) is 0 Å². The van der Waals surface area contributed by atoms with Crippen molar-refractivity contribution < 1.29 is 32.2 Å². The Hall–Kier alpha value is -2.29. The van der Waals surface area contributed by atoms with E-state index in [1.54, 1.807) is 6.92 Å². The van der Waals surface area contributed by atoms with E-state index in [0.29, 0.717) is 0 Å². The van der Waals surface area contributed by atoms with Gasteiger partial charge in [0.1, 0.15) is 5.75 Å². The van der Waals surface area contributed by atoms with Gasteiger partial charge in [0.25, 0.3) is 0 Å². The number of amides is 1. The zero-order valence-corrected chi connectivity index (χ0v) is 12.6. The molecule has 0 spiro atoms. The highest BCUT2D eigenvalue weighted by Gasteiger charge is 2.29. The molecule has 1 amide bonds. The molecular formula is C14H17F3N2O4. The molecular weight excluding hydrogens is 317 g/mol. The number of nitrogens with one attached hydrogen (secondary N) is 1. The first-order chi connectivity index (χ1) is 10.7. The van der Waals surface area contributed by atoms with Crippen LogP contribution in [-0.2, 0) is 9.53 Å². The smallest absolute Gasteiger partial charge is 0.422 e. The van der Waals surface area contributed by atoms with Gasteiger partial charge in [-0.25, -0.2) is 4.79 Å². The molecule has 1 unspecified atom stereocenters. The third-order valence-corrected chi connectivity index (χ3v) is 2.85. The highest BCUT2D eigenvalue weighted by Crippen LogP contribution is 2.28. The first-order valence-electron chi connectivity index (χ1n) is 6.60.